The predicted molar refractivity (Wildman–Crippen MR) is 145 cm³/mol. The molecule has 0 bridgehead atoms. The normalized spacial score (nSPS) is 19.8. The molecule has 2 aromatic carbocycles. The number of nitrogens with one attached hydrogen (secondary N) is 2. The first-order valence-corrected chi connectivity index (χ1v) is 13.6. The lowest BCUT2D eigenvalue weighted by Gasteiger charge is -2.34. The van der Waals surface area contributed by atoms with Crippen molar-refractivity contribution in [2.45, 2.75) is 69.6 Å². The van der Waals surface area contributed by atoms with Gasteiger partial charge in [-0.15, -0.1) is 0 Å². The Morgan fingerprint density at radius 2 is 1.43 bits per heavy atom. The number of benzene rings is 2. The van der Waals surface area contributed by atoms with Crippen LogP contribution in [0.15, 0.2) is 36.4 Å². The van der Waals surface area contributed by atoms with Crippen LogP contribution in [0, 0.1) is 20.2 Å². The third-order valence-corrected chi connectivity index (χ3v) is 7.62. The number of alkyl halides is 4. The average Bonchev–Trinajstić information content (AvgIpc) is 2.96. The summed E-state index contributed by atoms with van der Waals surface area (Å²) in [6.07, 6.45) is -1.08. The Bertz CT molecular complexity index is 1290. The zero-order valence-corrected chi connectivity index (χ0v) is 22.6. The van der Waals surface area contributed by atoms with Crippen LogP contribution in [0.4, 0.5) is 40.3 Å². The van der Waals surface area contributed by atoms with Gasteiger partial charge in [-0.2, -0.15) is 13.2 Å². The number of amides is 1. The Balaban J connectivity index is 1.18. The summed E-state index contributed by atoms with van der Waals surface area (Å²) in [5, 5.41) is 28.2. The van der Waals surface area contributed by atoms with E-state index >= 15 is 0 Å². The molecule has 0 spiro atoms. The van der Waals surface area contributed by atoms with Gasteiger partial charge in [0, 0.05) is 48.7 Å². The smallest absolute Gasteiger partial charge is 0.382 e. The molecule has 15 heteroatoms. The second kappa shape index (κ2) is 13.3. The van der Waals surface area contributed by atoms with E-state index in [2.05, 4.69) is 10.6 Å². The predicted octanol–water partition coefficient (Wildman–Crippen LogP) is 5.83. The lowest BCUT2D eigenvalue weighted by atomic mass is 9.92. The van der Waals surface area contributed by atoms with E-state index in [1.807, 2.05) is 0 Å². The van der Waals surface area contributed by atoms with Crippen LogP contribution >= 0.6 is 0 Å². The second-order valence-electron chi connectivity index (χ2n) is 10.4. The van der Waals surface area contributed by atoms with Crippen LogP contribution in [0.1, 0.15) is 49.7 Å². The lowest BCUT2D eigenvalue weighted by Crippen LogP contribution is -2.44. The molecule has 2 aliphatic rings. The van der Waals surface area contributed by atoms with Gasteiger partial charge in [0.25, 0.3) is 11.4 Å². The number of anilines is 2. The van der Waals surface area contributed by atoms with Gasteiger partial charge in [-0.1, -0.05) is 0 Å². The topological polar surface area (TPSA) is 140 Å². The van der Waals surface area contributed by atoms with Crippen molar-refractivity contribution in [1.82, 2.24) is 4.90 Å². The fourth-order valence-electron chi connectivity index (χ4n) is 5.37. The summed E-state index contributed by atoms with van der Waals surface area (Å²) < 4.78 is 58.8. The van der Waals surface area contributed by atoms with Crippen molar-refractivity contribution in [3.8, 4) is 0 Å². The zero-order chi connectivity index (χ0) is 30.4. The largest absolute Gasteiger partial charge is 0.423 e. The van der Waals surface area contributed by atoms with Crippen LogP contribution in [0.25, 0.3) is 0 Å². The second-order valence-corrected chi connectivity index (χ2v) is 10.4. The Hall–Kier alpha value is -4.01. The highest BCUT2D eigenvalue weighted by Gasteiger charge is 2.38. The van der Waals surface area contributed by atoms with E-state index in [9.17, 15) is 42.6 Å². The van der Waals surface area contributed by atoms with Crippen LogP contribution in [-0.2, 0) is 22.4 Å². The SMILES string of the molecule is O=C(COC1CCC(Nc2ccc([N+](=O)[O-])c(CF)c2)CC1)N1CCC(Nc2ccc([N+](=O)[O-])c(C(F)(F)F)c2)CC1. The van der Waals surface area contributed by atoms with Crippen molar-refractivity contribution in [3.63, 3.8) is 0 Å². The molecule has 11 nitrogen and oxygen atoms in total. The summed E-state index contributed by atoms with van der Waals surface area (Å²) in [6, 6.07) is 7.00. The number of hydrogen-bond donors (Lipinski definition) is 2. The molecule has 1 saturated carbocycles. The standard InChI is InChI=1S/C27H31F4N5O6/c28-15-17-13-20(3-7-24(17)35(38)39)32-18-1-5-22(6-2-18)42-16-26(37)34-11-9-19(10-12-34)33-21-4-8-25(36(40)41)23(14-21)27(29,30)31/h3-4,7-8,13-14,18-19,22,32-33H,1-2,5-6,9-12,15-16H2. The lowest BCUT2D eigenvalue weighted by molar-refractivity contribution is -0.388. The molecule has 228 valence electrons. The van der Waals surface area contributed by atoms with Gasteiger partial charge in [-0.25, -0.2) is 4.39 Å². The van der Waals surface area contributed by atoms with E-state index in [0.29, 0.717) is 44.5 Å². The molecule has 1 aliphatic heterocycles. The number of piperidine rings is 1. The van der Waals surface area contributed by atoms with Crippen molar-refractivity contribution < 1.29 is 36.9 Å². The van der Waals surface area contributed by atoms with E-state index in [1.165, 1.54) is 18.2 Å². The first-order chi connectivity index (χ1) is 19.9. The van der Waals surface area contributed by atoms with Gasteiger partial charge in [-0.3, -0.25) is 25.0 Å². The van der Waals surface area contributed by atoms with Crippen LogP contribution in [-0.4, -0.2) is 58.5 Å². The first-order valence-electron chi connectivity index (χ1n) is 13.6. The van der Waals surface area contributed by atoms with Gasteiger partial charge < -0.3 is 20.3 Å². The molecule has 1 saturated heterocycles. The molecule has 2 aromatic rings. The number of nitro benzene ring substituents is 2. The molecule has 4 rings (SSSR count). The van der Waals surface area contributed by atoms with Gasteiger partial charge in [0.05, 0.1) is 21.5 Å². The van der Waals surface area contributed by atoms with Crippen LogP contribution in [0.3, 0.4) is 0 Å². The number of carbonyl (C=O) groups excluding carboxylic acids is 1. The minimum atomic E-state index is -4.86. The number of ether oxygens (including phenoxy) is 1. The quantitative estimate of drug-likeness (QED) is 0.198. The van der Waals surface area contributed by atoms with Gasteiger partial charge in [0.1, 0.15) is 18.8 Å². The Morgan fingerprint density at radius 1 is 0.881 bits per heavy atom. The molecule has 2 N–H and O–H groups in total. The maximum Gasteiger partial charge on any atom is 0.423 e. The van der Waals surface area contributed by atoms with Crippen molar-refractivity contribution in [2.24, 2.45) is 0 Å². The fourth-order valence-corrected chi connectivity index (χ4v) is 5.37. The summed E-state index contributed by atoms with van der Waals surface area (Å²) in [4.78, 5) is 34.6. The molecule has 1 aliphatic carbocycles. The number of rotatable bonds is 10. The number of likely N-dealkylation sites (tertiary alicyclic amines) is 1. The number of hydrogen-bond acceptors (Lipinski definition) is 8. The number of nitro groups is 2. The zero-order valence-electron chi connectivity index (χ0n) is 22.6. The summed E-state index contributed by atoms with van der Waals surface area (Å²) in [5.74, 6) is -0.173. The van der Waals surface area contributed by atoms with Crippen molar-refractivity contribution in [3.05, 3.63) is 67.8 Å². The van der Waals surface area contributed by atoms with Crippen molar-refractivity contribution in [1.29, 1.82) is 0 Å². The van der Waals surface area contributed by atoms with Gasteiger partial charge in [0.2, 0.25) is 5.91 Å². The monoisotopic (exact) mass is 597 g/mol. The molecule has 0 aromatic heterocycles. The summed E-state index contributed by atoms with van der Waals surface area (Å²) >= 11 is 0. The number of nitrogens with zero attached hydrogens (tertiary/aromatic N) is 3. The molecular weight excluding hydrogens is 566 g/mol. The minimum absolute atomic E-state index is 0.0160. The highest BCUT2D eigenvalue weighted by atomic mass is 19.4. The van der Waals surface area contributed by atoms with E-state index in [-0.39, 0.29) is 47.6 Å². The van der Waals surface area contributed by atoms with E-state index in [4.69, 9.17) is 4.74 Å². The fraction of sp³-hybridized carbons (Fsp3) is 0.519. The number of carbonyl (C=O) groups is 1. The van der Waals surface area contributed by atoms with E-state index in [1.54, 1.807) is 11.0 Å². The average molecular weight is 598 g/mol. The minimum Gasteiger partial charge on any atom is -0.382 e. The maximum absolute atomic E-state index is 13.3. The van der Waals surface area contributed by atoms with Crippen LogP contribution in [0.2, 0.25) is 0 Å². The number of halogens is 4. The summed E-state index contributed by atoms with van der Waals surface area (Å²) in [6.45, 7) is -0.227. The molecule has 0 unspecified atom stereocenters. The first kappa shape index (κ1) is 30.9. The van der Waals surface area contributed by atoms with E-state index < -0.39 is 33.9 Å². The van der Waals surface area contributed by atoms with E-state index in [0.717, 1.165) is 25.0 Å². The summed E-state index contributed by atoms with van der Waals surface area (Å²) in [7, 11) is 0. The van der Waals surface area contributed by atoms with Gasteiger partial charge in [-0.05, 0) is 62.8 Å². The van der Waals surface area contributed by atoms with Crippen molar-refractivity contribution in [2.75, 3.05) is 30.3 Å². The molecule has 42 heavy (non-hydrogen) atoms. The maximum atomic E-state index is 13.3. The van der Waals surface area contributed by atoms with Crippen LogP contribution in [0.5, 0.6) is 0 Å². The molecule has 2 fully saturated rings. The van der Waals surface area contributed by atoms with Gasteiger partial charge in [0.15, 0.2) is 0 Å². The highest BCUT2D eigenvalue weighted by Crippen LogP contribution is 2.38. The molecule has 0 radical (unpaired) electrons. The van der Waals surface area contributed by atoms with Crippen LogP contribution < -0.4 is 10.6 Å². The third kappa shape index (κ3) is 7.84. The summed E-state index contributed by atoms with van der Waals surface area (Å²) in [5.41, 5.74) is -1.82. The highest BCUT2D eigenvalue weighted by molar-refractivity contribution is 5.77. The molecular formula is C27H31F4N5O6. The Morgan fingerprint density at radius 3 is 1.98 bits per heavy atom. The third-order valence-electron chi connectivity index (χ3n) is 7.62. The van der Waals surface area contributed by atoms with Crippen molar-refractivity contribution >= 4 is 28.7 Å². The Labute approximate surface area is 238 Å². The molecule has 1 amide bonds. The van der Waals surface area contributed by atoms with Gasteiger partial charge >= 0.3 is 6.18 Å². The molecule has 1 heterocycles. The molecule has 0 atom stereocenters. The Kier molecular flexibility index (Phi) is 9.81.